The third-order valence-electron chi connectivity index (χ3n) is 4.90. The summed E-state index contributed by atoms with van der Waals surface area (Å²) in [4.78, 5) is 16.7. The zero-order valence-electron chi connectivity index (χ0n) is 16.2. The average Bonchev–Trinajstić information content (AvgIpc) is 2.71. The Labute approximate surface area is 176 Å². The quantitative estimate of drug-likeness (QED) is 0.466. The molecule has 0 spiro atoms. The van der Waals surface area contributed by atoms with Crippen molar-refractivity contribution in [3.63, 3.8) is 0 Å². The molecule has 0 N–H and O–H groups in total. The van der Waals surface area contributed by atoms with E-state index in [9.17, 15) is 13.2 Å². The van der Waals surface area contributed by atoms with Gasteiger partial charge in [0.2, 0.25) is 10.0 Å². The van der Waals surface area contributed by atoms with Crippen LogP contribution >= 0.6 is 11.6 Å². The van der Waals surface area contributed by atoms with Gasteiger partial charge in [0, 0.05) is 24.0 Å². The summed E-state index contributed by atoms with van der Waals surface area (Å²) in [5.74, 6) is -0.649. The molecule has 3 rings (SSSR count). The van der Waals surface area contributed by atoms with Crippen molar-refractivity contribution >= 4 is 27.6 Å². The van der Waals surface area contributed by atoms with Gasteiger partial charge in [0.15, 0.2) is 0 Å². The highest BCUT2D eigenvalue weighted by Crippen LogP contribution is 2.24. The first-order valence-corrected chi connectivity index (χ1v) is 11.7. The number of ether oxygens (including phenoxy) is 1. The summed E-state index contributed by atoms with van der Waals surface area (Å²) in [7, 11) is -3.66. The lowest BCUT2D eigenvalue weighted by molar-refractivity contribution is -0.149. The number of piperidine rings is 1. The monoisotopic (exact) mass is 436 g/mol. The third kappa shape index (κ3) is 6.26. The van der Waals surface area contributed by atoms with Crippen molar-refractivity contribution in [2.45, 2.75) is 43.9 Å². The molecule has 6 nitrogen and oxygen atoms in total. The van der Waals surface area contributed by atoms with Crippen molar-refractivity contribution in [3.05, 3.63) is 64.9 Å². The molecule has 0 saturated carbocycles. The molecule has 1 aromatic heterocycles. The molecular weight excluding hydrogens is 412 g/mol. The van der Waals surface area contributed by atoms with E-state index in [1.807, 2.05) is 12.1 Å². The molecule has 0 unspecified atom stereocenters. The molecule has 0 bridgehead atoms. The van der Waals surface area contributed by atoms with Crippen LogP contribution in [0.25, 0.3) is 0 Å². The topological polar surface area (TPSA) is 76.6 Å². The van der Waals surface area contributed by atoms with Gasteiger partial charge in [0.05, 0.1) is 12.4 Å². The second kappa shape index (κ2) is 10.2. The Bertz CT molecular complexity index is 921. The van der Waals surface area contributed by atoms with E-state index in [1.165, 1.54) is 4.31 Å². The SMILES string of the molecule is O=C(OCCCc1cccnc1)[C@@H]1CCCCN1S(=O)(=O)Cc1cccc(Cl)c1. The van der Waals surface area contributed by atoms with Gasteiger partial charge in [0.1, 0.15) is 6.04 Å². The van der Waals surface area contributed by atoms with Crippen LogP contribution in [-0.2, 0) is 31.7 Å². The van der Waals surface area contributed by atoms with Gasteiger partial charge in [-0.1, -0.05) is 29.8 Å². The van der Waals surface area contributed by atoms with E-state index in [-0.39, 0.29) is 12.4 Å². The van der Waals surface area contributed by atoms with Gasteiger partial charge in [-0.3, -0.25) is 9.78 Å². The van der Waals surface area contributed by atoms with Crippen LogP contribution in [0.2, 0.25) is 5.02 Å². The van der Waals surface area contributed by atoms with Gasteiger partial charge in [-0.15, -0.1) is 0 Å². The summed E-state index contributed by atoms with van der Waals surface area (Å²) in [6.07, 6.45) is 6.94. The number of carbonyl (C=O) groups is 1. The number of carbonyl (C=O) groups excluding carboxylic acids is 1. The lowest BCUT2D eigenvalue weighted by atomic mass is 10.1. The van der Waals surface area contributed by atoms with Crippen LogP contribution < -0.4 is 0 Å². The molecule has 2 heterocycles. The summed E-state index contributed by atoms with van der Waals surface area (Å²) in [6, 6.07) is 9.85. The highest BCUT2D eigenvalue weighted by molar-refractivity contribution is 7.88. The minimum Gasteiger partial charge on any atom is -0.464 e. The van der Waals surface area contributed by atoms with Gasteiger partial charge in [-0.2, -0.15) is 4.31 Å². The smallest absolute Gasteiger partial charge is 0.324 e. The van der Waals surface area contributed by atoms with E-state index < -0.39 is 22.0 Å². The molecule has 29 heavy (non-hydrogen) atoms. The van der Waals surface area contributed by atoms with Crippen molar-refractivity contribution in [2.75, 3.05) is 13.2 Å². The predicted octanol–water partition coefficient (Wildman–Crippen LogP) is 3.60. The summed E-state index contributed by atoms with van der Waals surface area (Å²) < 4.78 is 32.6. The summed E-state index contributed by atoms with van der Waals surface area (Å²) in [5.41, 5.74) is 1.68. The summed E-state index contributed by atoms with van der Waals surface area (Å²) in [6.45, 7) is 0.588. The number of hydrogen-bond donors (Lipinski definition) is 0. The fraction of sp³-hybridized carbons (Fsp3) is 0.429. The summed E-state index contributed by atoms with van der Waals surface area (Å²) >= 11 is 5.97. The van der Waals surface area contributed by atoms with Crippen molar-refractivity contribution in [3.8, 4) is 0 Å². The maximum Gasteiger partial charge on any atom is 0.324 e. The van der Waals surface area contributed by atoms with Gasteiger partial charge in [-0.05, 0) is 61.4 Å². The number of pyridine rings is 1. The highest BCUT2D eigenvalue weighted by atomic mass is 35.5. The minimum atomic E-state index is -3.66. The largest absolute Gasteiger partial charge is 0.464 e. The summed E-state index contributed by atoms with van der Waals surface area (Å²) in [5, 5.41) is 0.487. The average molecular weight is 437 g/mol. The van der Waals surface area contributed by atoms with Crippen LogP contribution in [0.15, 0.2) is 48.8 Å². The number of benzene rings is 1. The maximum absolute atomic E-state index is 13.0. The molecule has 1 atom stereocenters. The molecule has 1 aliphatic heterocycles. The third-order valence-corrected chi connectivity index (χ3v) is 6.98. The van der Waals surface area contributed by atoms with E-state index in [1.54, 1.807) is 36.7 Å². The van der Waals surface area contributed by atoms with Gasteiger partial charge < -0.3 is 4.74 Å². The molecule has 1 aliphatic rings. The molecule has 1 fully saturated rings. The number of hydrogen-bond acceptors (Lipinski definition) is 5. The number of aryl methyl sites for hydroxylation is 1. The number of rotatable bonds is 8. The normalized spacial score (nSPS) is 17.8. The van der Waals surface area contributed by atoms with Crippen LogP contribution in [0.1, 0.15) is 36.8 Å². The number of aromatic nitrogens is 1. The zero-order valence-corrected chi connectivity index (χ0v) is 17.7. The fourth-order valence-electron chi connectivity index (χ4n) is 3.49. The maximum atomic E-state index is 13.0. The Kier molecular flexibility index (Phi) is 7.64. The Balaban J connectivity index is 1.58. The molecule has 0 aliphatic carbocycles. The fourth-order valence-corrected chi connectivity index (χ4v) is 5.45. The number of halogens is 1. The molecule has 0 amide bonds. The van der Waals surface area contributed by atoms with Crippen molar-refractivity contribution in [2.24, 2.45) is 0 Å². The van der Waals surface area contributed by atoms with Crippen LogP contribution in [0.5, 0.6) is 0 Å². The Morgan fingerprint density at radius 1 is 1.21 bits per heavy atom. The Morgan fingerprint density at radius 2 is 2.03 bits per heavy atom. The number of sulfonamides is 1. The standard InChI is InChI=1S/C21H25ClN2O4S/c22-19-9-3-6-18(14-19)16-29(26,27)24-12-2-1-10-20(24)21(25)28-13-5-8-17-7-4-11-23-15-17/h3-4,6-7,9,11,14-15,20H,1-2,5,8,10,12-13,16H2/t20-/m0/s1. The van der Waals surface area contributed by atoms with Crippen molar-refractivity contribution in [1.29, 1.82) is 0 Å². The molecule has 156 valence electrons. The van der Waals surface area contributed by atoms with Crippen molar-refractivity contribution in [1.82, 2.24) is 9.29 Å². The first-order chi connectivity index (χ1) is 14.0. The number of esters is 1. The van der Waals surface area contributed by atoms with E-state index in [0.717, 1.165) is 24.8 Å². The van der Waals surface area contributed by atoms with Crippen LogP contribution in [0.3, 0.4) is 0 Å². The van der Waals surface area contributed by atoms with E-state index in [0.29, 0.717) is 30.0 Å². The van der Waals surface area contributed by atoms with E-state index >= 15 is 0 Å². The molecule has 0 radical (unpaired) electrons. The predicted molar refractivity (Wildman–Crippen MR) is 112 cm³/mol. The van der Waals surface area contributed by atoms with Crippen molar-refractivity contribution < 1.29 is 17.9 Å². The van der Waals surface area contributed by atoms with Crippen LogP contribution in [0.4, 0.5) is 0 Å². The zero-order chi connectivity index (χ0) is 20.7. The Hall–Kier alpha value is -1.96. The molecule has 1 aromatic carbocycles. The minimum absolute atomic E-state index is 0.182. The lowest BCUT2D eigenvalue weighted by Gasteiger charge is -2.33. The highest BCUT2D eigenvalue weighted by Gasteiger charge is 2.37. The lowest BCUT2D eigenvalue weighted by Crippen LogP contribution is -2.49. The second-order valence-electron chi connectivity index (χ2n) is 7.14. The van der Waals surface area contributed by atoms with E-state index in [4.69, 9.17) is 16.3 Å². The molecule has 8 heteroatoms. The van der Waals surface area contributed by atoms with Gasteiger partial charge in [-0.25, -0.2) is 8.42 Å². The van der Waals surface area contributed by atoms with Gasteiger partial charge >= 0.3 is 5.97 Å². The Morgan fingerprint density at radius 3 is 2.79 bits per heavy atom. The molecule has 1 saturated heterocycles. The number of nitrogens with zero attached hydrogens (tertiary/aromatic N) is 2. The molecule has 2 aromatic rings. The first kappa shape index (κ1) is 21.7. The van der Waals surface area contributed by atoms with Crippen LogP contribution in [-0.4, -0.2) is 42.9 Å². The molecular formula is C21H25ClN2O4S. The van der Waals surface area contributed by atoms with Gasteiger partial charge in [0.25, 0.3) is 0 Å². The second-order valence-corrected chi connectivity index (χ2v) is 9.50. The van der Waals surface area contributed by atoms with E-state index in [2.05, 4.69) is 4.98 Å². The first-order valence-electron chi connectivity index (χ1n) is 9.75. The van der Waals surface area contributed by atoms with Crippen LogP contribution in [0, 0.1) is 0 Å².